The summed E-state index contributed by atoms with van der Waals surface area (Å²) >= 11 is 0. The minimum Gasteiger partial charge on any atom is -0.263 e. The highest BCUT2D eigenvalue weighted by atomic mass is 32.2. The lowest BCUT2D eigenvalue weighted by Crippen LogP contribution is -2.51. The van der Waals surface area contributed by atoms with Crippen LogP contribution in [0.3, 0.4) is 0 Å². The Labute approximate surface area is 139 Å². The van der Waals surface area contributed by atoms with Crippen LogP contribution in [0.25, 0.3) is 0 Å². The Bertz CT molecular complexity index is 655. The van der Waals surface area contributed by atoms with Gasteiger partial charge in [0.25, 0.3) is 10.1 Å². The standard InChI is InChI=1S/C19H26O3S/c1-13-3-5-18(6-4-13)23(20,21)22-14(2)19-10-15-7-16(11-19)9-17(8-15)12-19/h3-6,14-17H,7-12H2,1-2H3. The van der Waals surface area contributed by atoms with Crippen LogP contribution in [0.15, 0.2) is 29.2 Å². The maximum absolute atomic E-state index is 12.6. The Kier molecular flexibility index (Phi) is 3.62. The second-order valence-corrected chi connectivity index (χ2v) is 9.86. The van der Waals surface area contributed by atoms with Crippen molar-refractivity contribution in [3.63, 3.8) is 0 Å². The monoisotopic (exact) mass is 334 g/mol. The van der Waals surface area contributed by atoms with Crippen molar-refractivity contribution in [2.45, 2.75) is 63.4 Å². The molecule has 4 aliphatic rings. The van der Waals surface area contributed by atoms with Crippen molar-refractivity contribution < 1.29 is 12.6 Å². The quantitative estimate of drug-likeness (QED) is 0.771. The van der Waals surface area contributed by atoms with E-state index in [0.29, 0.717) is 0 Å². The third-order valence-electron chi connectivity index (χ3n) is 6.53. The lowest BCUT2D eigenvalue weighted by molar-refractivity contribution is -0.104. The third-order valence-corrected chi connectivity index (χ3v) is 7.92. The number of aryl methyl sites for hydroxylation is 1. The molecule has 1 aromatic carbocycles. The lowest BCUT2D eigenvalue weighted by atomic mass is 9.48. The average Bonchev–Trinajstić information content (AvgIpc) is 2.45. The van der Waals surface area contributed by atoms with Crippen LogP contribution in [0.2, 0.25) is 0 Å². The van der Waals surface area contributed by atoms with Gasteiger partial charge in [-0.1, -0.05) is 17.7 Å². The van der Waals surface area contributed by atoms with Crippen LogP contribution in [-0.2, 0) is 14.3 Å². The van der Waals surface area contributed by atoms with Gasteiger partial charge in [-0.3, -0.25) is 4.18 Å². The van der Waals surface area contributed by atoms with Gasteiger partial charge < -0.3 is 0 Å². The first kappa shape index (κ1) is 15.6. The second kappa shape index (κ2) is 5.32. The van der Waals surface area contributed by atoms with Gasteiger partial charge in [0.15, 0.2) is 0 Å². The summed E-state index contributed by atoms with van der Waals surface area (Å²) in [5.74, 6) is 2.40. The van der Waals surface area contributed by atoms with Gasteiger partial charge in [0.1, 0.15) is 0 Å². The molecule has 0 radical (unpaired) electrons. The molecule has 1 atom stereocenters. The van der Waals surface area contributed by atoms with Crippen molar-refractivity contribution in [1.29, 1.82) is 0 Å². The van der Waals surface area contributed by atoms with E-state index >= 15 is 0 Å². The molecular formula is C19H26O3S. The molecule has 0 aliphatic heterocycles. The normalized spacial score (nSPS) is 37.0. The molecule has 126 valence electrons. The van der Waals surface area contributed by atoms with Crippen molar-refractivity contribution in [3.8, 4) is 0 Å². The number of benzene rings is 1. The molecule has 5 rings (SSSR count). The van der Waals surface area contributed by atoms with Gasteiger partial charge in [-0.25, -0.2) is 0 Å². The topological polar surface area (TPSA) is 43.4 Å². The minimum atomic E-state index is -3.67. The molecule has 23 heavy (non-hydrogen) atoms. The van der Waals surface area contributed by atoms with Gasteiger partial charge in [-0.05, 0) is 87.7 Å². The van der Waals surface area contributed by atoms with Crippen molar-refractivity contribution in [2.75, 3.05) is 0 Å². The van der Waals surface area contributed by atoms with Gasteiger partial charge in [0.2, 0.25) is 0 Å². The Hall–Kier alpha value is -0.870. The van der Waals surface area contributed by atoms with E-state index in [1.54, 1.807) is 12.1 Å². The molecule has 0 heterocycles. The molecule has 0 N–H and O–H groups in total. The van der Waals surface area contributed by atoms with Gasteiger partial charge in [0.05, 0.1) is 11.0 Å². The van der Waals surface area contributed by atoms with E-state index < -0.39 is 10.1 Å². The first-order chi connectivity index (χ1) is 10.9. The fraction of sp³-hybridized carbons (Fsp3) is 0.684. The summed E-state index contributed by atoms with van der Waals surface area (Å²) in [7, 11) is -3.67. The molecule has 1 unspecified atom stereocenters. The summed E-state index contributed by atoms with van der Waals surface area (Å²) in [4.78, 5) is 0.277. The van der Waals surface area contributed by atoms with E-state index in [1.165, 1.54) is 19.3 Å². The smallest absolute Gasteiger partial charge is 0.263 e. The summed E-state index contributed by atoms with van der Waals surface area (Å²) in [5, 5.41) is 0. The Morgan fingerprint density at radius 1 is 1.00 bits per heavy atom. The van der Waals surface area contributed by atoms with Crippen molar-refractivity contribution in [3.05, 3.63) is 29.8 Å². The molecule has 4 fully saturated rings. The third kappa shape index (κ3) is 2.74. The minimum absolute atomic E-state index is 0.0898. The first-order valence-corrected chi connectivity index (χ1v) is 10.3. The Balaban J connectivity index is 1.55. The molecule has 4 saturated carbocycles. The molecule has 3 nitrogen and oxygen atoms in total. The summed E-state index contributed by atoms with van der Waals surface area (Å²) in [6.07, 6.45) is 7.32. The zero-order valence-corrected chi connectivity index (χ0v) is 14.8. The van der Waals surface area contributed by atoms with Gasteiger partial charge >= 0.3 is 0 Å². The van der Waals surface area contributed by atoms with E-state index in [0.717, 1.165) is 42.6 Å². The number of hydrogen-bond donors (Lipinski definition) is 0. The van der Waals surface area contributed by atoms with Crippen LogP contribution in [0.1, 0.15) is 51.0 Å². The van der Waals surface area contributed by atoms with Crippen LogP contribution in [0.4, 0.5) is 0 Å². The van der Waals surface area contributed by atoms with Gasteiger partial charge in [-0.2, -0.15) is 8.42 Å². The molecule has 4 bridgehead atoms. The van der Waals surface area contributed by atoms with Crippen molar-refractivity contribution in [2.24, 2.45) is 23.2 Å². The van der Waals surface area contributed by atoms with E-state index in [1.807, 2.05) is 26.0 Å². The summed E-state index contributed by atoms with van der Waals surface area (Å²) in [5.41, 5.74) is 1.14. The van der Waals surface area contributed by atoms with E-state index in [2.05, 4.69) is 0 Å². The highest BCUT2D eigenvalue weighted by Gasteiger charge is 2.54. The molecule has 4 aliphatic carbocycles. The zero-order chi connectivity index (χ0) is 16.2. The average molecular weight is 334 g/mol. The summed E-state index contributed by atoms with van der Waals surface area (Å²) < 4.78 is 31.0. The predicted octanol–water partition coefficient (Wildman–Crippen LogP) is 4.31. The van der Waals surface area contributed by atoms with Crippen LogP contribution < -0.4 is 0 Å². The van der Waals surface area contributed by atoms with E-state index in [-0.39, 0.29) is 16.4 Å². The first-order valence-electron chi connectivity index (χ1n) is 8.86. The summed E-state index contributed by atoms with van der Waals surface area (Å²) in [6, 6.07) is 6.95. The fourth-order valence-electron chi connectivity index (χ4n) is 5.73. The van der Waals surface area contributed by atoms with Crippen LogP contribution in [0, 0.1) is 30.1 Å². The molecular weight excluding hydrogens is 308 g/mol. The Morgan fingerprint density at radius 3 is 1.96 bits per heavy atom. The van der Waals surface area contributed by atoms with E-state index in [4.69, 9.17) is 4.18 Å². The predicted molar refractivity (Wildman–Crippen MR) is 89.5 cm³/mol. The van der Waals surface area contributed by atoms with Gasteiger partial charge in [0, 0.05) is 0 Å². The van der Waals surface area contributed by atoms with Crippen molar-refractivity contribution >= 4 is 10.1 Å². The maximum Gasteiger partial charge on any atom is 0.297 e. The molecule has 0 aromatic heterocycles. The fourth-order valence-corrected chi connectivity index (χ4v) is 6.89. The molecule has 0 saturated heterocycles. The SMILES string of the molecule is Cc1ccc(S(=O)(=O)OC(C)C23CC4CC(CC(C4)C2)C3)cc1. The largest absolute Gasteiger partial charge is 0.297 e. The Morgan fingerprint density at radius 2 is 1.48 bits per heavy atom. The highest BCUT2D eigenvalue weighted by molar-refractivity contribution is 7.86. The second-order valence-electron chi connectivity index (χ2n) is 8.29. The van der Waals surface area contributed by atoms with Crippen molar-refractivity contribution in [1.82, 2.24) is 0 Å². The van der Waals surface area contributed by atoms with Crippen LogP contribution in [-0.4, -0.2) is 14.5 Å². The molecule has 1 aromatic rings. The zero-order valence-electron chi connectivity index (χ0n) is 14.0. The lowest BCUT2D eigenvalue weighted by Gasteiger charge is -2.58. The molecule has 0 amide bonds. The van der Waals surface area contributed by atoms with E-state index in [9.17, 15) is 8.42 Å². The van der Waals surface area contributed by atoms with Crippen LogP contribution in [0.5, 0.6) is 0 Å². The summed E-state index contributed by atoms with van der Waals surface area (Å²) in [6.45, 7) is 3.94. The van der Waals surface area contributed by atoms with Gasteiger partial charge in [-0.15, -0.1) is 0 Å². The maximum atomic E-state index is 12.6. The number of rotatable bonds is 4. The molecule has 0 spiro atoms. The number of hydrogen-bond acceptors (Lipinski definition) is 3. The van der Waals surface area contributed by atoms with Crippen LogP contribution >= 0.6 is 0 Å². The molecule has 4 heteroatoms. The highest BCUT2D eigenvalue weighted by Crippen LogP contribution is 2.61.